The molecular formula is C14H13FN2O2. The Kier molecular flexibility index (Phi) is 2.64. The van der Waals surface area contributed by atoms with Crippen LogP contribution < -0.4 is 0 Å². The summed E-state index contributed by atoms with van der Waals surface area (Å²) < 4.78 is 20.5. The van der Waals surface area contributed by atoms with Gasteiger partial charge in [0.25, 0.3) is 0 Å². The van der Waals surface area contributed by atoms with Gasteiger partial charge in [-0.05, 0) is 25.1 Å². The molecule has 0 bridgehead atoms. The summed E-state index contributed by atoms with van der Waals surface area (Å²) in [5, 5.41) is 15.0. The van der Waals surface area contributed by atoms with Crippen LogP contribution in [-0.2, 0) is 7.05 Å². The zero-order valence-electron chi connectivity index (χ0n) is 10.6. The van der Waals surface area contributed by atoms with E-state index in [1.54, 1.807) is 37.1 Å². The number of aliphatic hydroxyl groups excluding tert-OH is 1. The van der Waals surface area contributed by atoms with Crippen molar-refractivity contribution >= 4 is 11.0 Å². The van der Waals surface area contributed by atoms with Crippen molar-refractivity contribution in [1.82, 2.24) is 9.78 Å². The number of halogens is 1. The van der Waals surface area contributed by atoms with Crippen molar-refractivity contribution in [2.75, 3.05) is 0 Å². The minimum Gasteiger partial charge on any atom is -0.458 e. The van der Waals surface area contributed by atoms with Gasteiger partial charge in [0.2, 0.25) is 0 Å². The van der Waals surface area contributed by atoms with E-state index in [0.29, 0.717) is 22.3 Å². The zero-order chi connectivity index (χ0) is 13.6. The third-order valence-corrected chi connectivity index (χ3v) is 3.22. The number of benzene rings is 1. The summed E-state index contributed by atoms with van der Waals surface area (Å²) in [5.74, 6) is 0.104. The third-order valence-electron chi connectivity index (χ3n) is 3.22. The molecule has 0 saturated carbocycles. The molecule has 0 saturated heterocycles. The van der Waals surface area contributed by atoms with Crippen LogP contribution in [0.1, 0.15) is 23.0 Å². The summed E-state index contributed by atoms with van der Waals surface area (Å²) >= 11 is 0. The fraction of sp³-hybridized carbons (Fsp3) is 0.214. The average molecular weight is 260 g/mol. The van der Waals surface area contributed by atoms with E-state index in [4.69, 9.17) is 4.42 Å². The lowest BCUT2D eigenvalue weighted by molar-refractivity contribution is 0.191. The van der Waals surface area contributed by atoms with E-state index >= 15 is 0 Å². The van der Waals surface area contributed by atoms with Crippen molar-refractivity contribution < 1.29 is 13.9 Å². The second-order valence-corrected chi connectivity index (χ2v) is 4.58. The highest BCUT2D eigenvalue weighted by molar-refractivity contribution is 5.82. The number of aryl methyl sites for hydroxylation is 2. The first-order valence-corrected chi connectivity index (χ1v) is 5.91. The molecule has 0 amide bonds. The van der Waals surface area contributed by atoms with Crippen molar-refractivity contribution in [2.24, 2.45) is 7.05 Å². The van der Waals surface area contributed by atoms with E-state index in [1.165, 1.54) is 12.1 Å². The molecule has 1 atom stereocenters. The molecular weight excluding hydrogens is 247 g/mol. The molecule has 0 aliphatic carbocycles. The summed E-state index contributed by atoms with van der Waals surface area (Å²) in [5.41, 5.74) is 1.95. The Morgan fingerprint density at radius 3 is 2.89 bits per heavy atom. The summed E-state index contributed by atoms with van der Waals surface area (Å²) in [6.07, 6.45) is 2.40. The van der Waals surface area contributed by atoms with Crippen molar-refractivity contribution in [2.45, 2.75) is 13.0 Å². The van der Waals surface area contributed by atoms with E-state index in [-0.39, 0.29) is 5.82 Å². The second-order valence-electron chi connectivity index (χ2n) is 4.58. The highest BCUT2D eigenvalue weighted by Crippen LogP contribution is 2.32. The minimum absolute atomic E-state index is 0.321. The van der Waals surface area contributed by atoms with Gasteiger partial charge in [0.1, 0.15) is 23.3 Å². The predicted molar refractivity (Wildman–Crippen MR) is 68.2 cm³/mol. The van der Waals surface area contributed by atoms with Gasteiger partial charge >= 0.3 is 0 Å². The number of aliphatic hydroxyl groups is 1. The number of nitrogens with zero attached hydrogens (tertiary/aromatic N) is 2. The summed E-state index contributed by atoms with van der Waals surface area (Å²) in [4.78, 5) is 0. The Labute approximate surface area is 109 Å². The molecule has 2 heterocycles. The monoisotopic (exact) mass is 260 g/mol. The fourth-order valence-corrected chi connectivity index (χ4v) is 2.21. The minimum atomic E-state index is -0.899. The molecule has 3 rings (SSSR count). The fourth-order valence-electron chi connectivity index (χ4n) is 2.21. The molecule has 1 N–H and O–H groups in total. The quantitative estimate of drug-likeness (QED) is 0.770. The molecule has 0 spiro atoms. The van der Waals surface area contributed by atoms with Crippen molar-refractivity contribution in [3.63, 3.8) is 0 Å². The maximum Gasteiger partial charge on any atom is 0.141 e. The Balaban J connectivity index is 2.12. The zero-order valence-corrected chi connectivity index (χ0v) is 10.6. The molecule has 0 radical (unpaired) electrons. The van der Waals surface area contributed by atoms with Crippen LogP contribution in [0.5, 0.6) is 0 Å². The van der Waals surface area contributed by atoms with Gasteiger partial charge in [-0.2, -0.15) is 5.10 Å². The van der Waals surface area contributed by atoms with Gasteiger partial charge in [-0.15, -0.1) is 0 Å². The van der Waals surface area contributed by atoms with Crippen LogP contribution in [0.3, 0.4) is 0 Å². The van der Waals surface area contributed by atoms with E-state index in [0.717, 1.165) is 5.56 Å². The summed E-state index contributed by atoms with van der Waals surface area (Å²) in [6.45, 7) is 1.81. The van der Waals surface area contributed by atoms with Crippen LogP contribution in [0.2, 0.25) is 0 Å². The van der Waals surface area contributed by atoms with E-state index in [1.807, 2.05) is 0 Å². The van der Waals surface area contributed by atoms with Crippen molar-refractivity contribution in [1.29, 1.82) is 0 Å². The number of fused-ring (bicyclic) bond motifs is 1. The molecule has 0 fully saturated rings. The Bertz CT molecular complexity index is 745. The first-order chi connectivity index (χ1) is 9.06. The standard InChI is InChI=1S/C14H13FN2O2/c1-8-11-5-10(15)3-4-12(11)19-14(8)13(18)9-6-16-17(2)7-9/h3-7,13,18H,1-2H3. The largest absolute Gasteiger partial charge is 0.458 e. The molecule has 3 aromatic rings. The maximum atomic E-state index is 13.2. The van der Waals surface area contributed by atoms with Crippen LogP contribution >= 0.6 is 0 Å². The van der Waals surface area contributed by atoms with E-state index < -0.39 is 6.10 Å². The first-order valence-electron chi connectivity index (χ1n) is 5.91. The van der Waals surface area contributed by atoms with Crippen LogP contribution in [0.4, 0.5) is 4.39 Å². The van der Waals surface area contributed by atoms with Crippen molar-refractivity contribution in [3.05, 3.63) is 53.3 Å². The van der Waals surface area contributed by atoms with Gasteiger partial charge in [-0.25, -0.2) is 4.39 Å². The molecule has 5 heteroatoms. The Morgan fingerprint density at radius 1 is 1.42 bits per heavy atom. The normalized spacial score (nSPS) is 13.1. The lowest BCUT2D eigenvalue weighted by atomic mass is 10.1. The number of furan rings is 1. The predicted octanol–water partition coefficient (Wildman–Crippen LogP) is 2.70. The lowest BCUT2D eigenvalue weighted by Gasteiger charge is -2.05. The Hall–Kier alpha value is -2.14. The van der Waals surface area contributed by atoms with Crippen LogP contribution in [0.15, 0.2) is 35.0 Å². The molecule has 1 unspecified atom stereocenters. The molecule has 0 aliphatic heterocycles. The second kappa shape index (κ2) is 4.20. The summed E-state index contributed by atoms with van der Waals surface area (Å²) in [6, 6.07) is 4.32. The molecule has 2 aromatic heterocycles. The van der Waals surface area contributed by atoms with E-state index in [9.17, 15) is 9.50 Å². The van der Waals surface area contributed by atoms with Gasteiger partial charge in [-0.1, -0.05) is 0 Å². The number of aromatic nitrogens is 2. The van der Waals surface area contributed by atoms with E-state index in [2.05, 4.69) is 5.10 Å². The average Bonchev–Trinajstić information content (AvgIpc) is 2.94. The molecule has 98 valence electrons. The molecule has 0 aliphatic rings. The van der Waals surface area contributed by atoms with Gasteiger partial charge in [0.05, 0.1) is 6.20 Å². The highest BCUT2D eigenvalue weighted by atomic mass is 19.1. The summed E-state index contributed by atoms with van der Waals surface area (Å²) in [7, 11) is 1.77. The van der Waals surface area contributed by atoms with Crippen molar-refractivity contribution in [3.8, 4) is 0 Å². The molecule has 1 aromatic carbocycles. The number of rotatable bonds is 2. The van der Waals surface area contributed by atoms with Crippen LogP contribution in [-0.4, -0.2) is 14.9 Å². The molecule has 19 heavy (non-hydrogen) atoms. The topological polar surface area (TPSA) is 51.2 Å². The Morgan fingerprint density at radius 2 is 2.21 bits per heavy atom. The first kappa shape index (κ1) is 11.9. The van der Waals surface area contributed by atoms with Gasteiger partial charge in [0.15, 0.2) is 0 Å². The number of hydrogen-bond acceptors (Lipinski definition) is 3. The maximum absolute atomic E-state index is 13.2. The third kappa shape index (κ3) is 1.92. The van der Waals surface area contributed by atoms with Gasteiger partial charge in [-0.3, -0.25) is 4.68 Å². The SMILES string of the molecule is Cc1c(C(O)c2cnn(C)c2)oc2ccc(F)cc12. The highest BCUT2D eigenvalue weighted by Gasteiger charge is 2.21. The van der Waals surface area contributed by atoms with Gasteiger partial charge in [0, 0.05) is 29.8 Å². The lowest BCUT2D eigenvalue weighted by Crippen LogP contribution is -1.98. The van der Waals surface area contributed by atoms with Crippen LogP contribution in [0.25, 0.3) is 11.0 Å². The smallest absolute Gasteiger partial charge is 0.141 e. The number of hydrogen-bond donors (Lipinski definition) is 1. The van der Waals surface area contributed by atoms with Gasteiger partial charge < -0.3 is 9.52 Å². The molecule has 4 nitrogen and oxygen atoms in total. The van der Waals surface area contributed by atoms with Crippen LogP contribution in [0, 0.1) is 12.7 Å².